The quantitative estimate of drug-likeness (QED) is 0.570. The van der Waals surface area contributed by atoms with E-state index in [1.807, 2.05) is 85.8 Å². The highest BCUT2D eigenvalue weighted by Crippen LogP contribution is 2.24. The fourth-order valence-electron chi connectivity index (χ4n) is 3.57. The number of carbonyl (C=O) groups excluding carboxylic acids is 1. The monoisotopic (exact) mass is 382 g/mol. The molecule has 144 valence electrons. The zero-order valence-corrected chi connectivity index (χ0v) is 16.4. The Bertz CT molecular complexity index is 1230. The number of rotatable bonds is 4. The van der Waals surface area contributed by atoms with Gasteiger partial charge >= 0.3 is 0 Å². The van der Waals surface area contributed by atoms with Crippen LogP contribution in [0.3, 0.4) is 0 Å². The summed E-state index contributed by atoms with van der Waals surface area (Å²) in [6.07, 6.45) is 0. The third-order valence-electron chi connectivity index (χ3n) is 5.22. The molecule has 4 nitrogen and oxygen atoms in total. The lowest BCUT2D eigenvalue weighted by Gasteiger charge is -2.21. The molecule has 0 saturated heterocycles. The second-order valence-electron chi connectivity index (χ2n) is 7.20. The number of amides is 1. The summed E-state index contributed by atoms with van der Waals surface area (Å²) in [4.78, 5) is 25.7. The molecule has 0 saturated carbocycles. The van der Waals surface area contributed by atoms with Crippen molar-refractivity contribution in [3.05, 3.63) is 118 Å². The maximum Gasteiger partial charge on any atom is 0.252 e. The molecule has 0 aliphatic rings. The van der Waals surface area contributed by atoms with Gasteiger partial charge in [0.25, 0.3) is 11.5 Å². The topological polar surface area (TPSA) is 51.1 Å². The zero-order chi connectivity index (χ0) is 20.4. The van der Waals surface area contributed by atoms with E-state index in [1.165, 1.54) is 6.07 Å². The van der Waals surface area contributed by atoms with E-state index >= 15 is 0 Å². The summed E-state index contributed by atoms with van der Waals surface area (Å²) in [6, 6.07) is 26.5. The van der Waals surface area contributed by atoms with Gasteiger partial charge in [0.1, 0.15) is 0 Å². The lowest BCUT2D eigenvalue weighted by molar-refractivity contribution is 0.0944. The van der Waals surface area contributed by atoms with Gasteiger partial charge in [-0.2, -0.15) is 0 Å². The van der Waals surface area contributed by atoms with Crippen LogP contribution in [0.4, 0.5) is 0 Å². The van der Waals surface area contributed by atoms with Crippen molar-refractivity contribution in [2.24, 2.45) is 7.05 Å². The minimum atomic E-state index is -0.313. The average Bonchev–Trinajstić information content (AvgIpc) is 2.76. The highest BCUT2D eigenvalue weighted by molar-refractivity contribution is 6.06. The molecule has 1 heterocycles. The van der Waals surface area contributed by atoms with Crippen LogP contribution in [0.25, 0.3) is 10.9 Å². The Hall–Kier alpha value is -3.66. The van der Waals surface area contributed by atoms with Crippen LogP contribution in [0.5, 0.6) is 0 Å². The van der Waals surface area contributed by atoms with E-state index in [0.29, 0.717) is 5.56 Å². The fraction of sp³-hybridized carbons (Fsp3) is 0.120. The van der Waals surface area contributed by atoms with E-state index in [9.17, 15) is 9.59 Å². The lowest BCUT2D eigenvalue weighted by Crippen LogP contribution is -2.31. The third-order valence-corrected chi connectivity index (χ3v) is 5.22. The van der Waals surface area contributed by atoms with Crippen molar-refractivity contribution in [1.82, 2.24) is 9.88 Å². The second-order valence-corrected chi connectivity index (χ2v) is 7.20. The molecule has 0 aliphatic carbocycles. The summed E-state index contributed by atoms with van der Waals surface area (Å²) in [5.74, 6) is -0.270. The van der Waals surface area contributed by atoms with E-state index in [0.717, 1.165) is 27.6 Å². The number of aryl methyl sites for hydroxylation is 2. The van der Waals surface area contributed by atoms with Crippen molar-refractivity contribution in [3.8, 4) is 0 Å². The van der Waals surface area contributed by atoms with E-state index in [2.05, 4.69) is 5.32 Å². The number of hydrogen-bond acceptors (Lipinski definition) is 2. The number of carbonyl (C=O) groups is 1. The van der Waals surface area contributed by atoms with Crippen LogP contribution < -0.4 is 10.9 Å². The maximum absolute atomic E-state index is 13.3. The van der Waals surface area contributed by atoms with E-state index < -0.39 is 0 Å². The first-order chi connectivity index (χ1) is 14.0. The minimum absolute atomic E-state index is 0.208. The first-order valence-electron chi connectivity index (χ1n) is 9.56. The summed E-state index contributed by atoms with van der Waals surface area (Å²) in [7, 11) is 1.71. The van der Waals surface area contributed by atoms with Crippen LogP contribution in [0.2, 0.25) is 0 Å². The van der Waals surface area contributed by atoms with Gasteiger partial charge in [-0.3, -0.25) is 9.59 Å². The van der Waals surface area contributed by atoms with Gasteiger partial charge in [0.2, 0.25) is 0 Å². The molecule has 0 aliphatic heterocycles. The number of nitrogens with one attached hydrogen (secondary N) is 1. The molecule has 1 atom stereocenters. The third kappa shape index (κ3) is 3.69. The smallest absolute Gasteiger partial charge is 0.252 e. The number of benzene rings is 3. The van der Waals surface area contributed by atoms with Crippen molar-refractivity contribution in [2.45, 2.75) is 13.0 Å². The van der Waals surface area contributed by atoms with Gasteiger partial charge in [-0.25, -0.2) is 0 Å². The number of hydrogen-bond donors (Lipinski definition) is 1. The summed E-state index contributed by atoms with van der Waals surface area (Å²) < 4.78 is 1.56. The predicted molar refractivity (Wildman–Crippen MR) is 116 cm³/mol. The Morgan fingerprint density at radius 2 is 1.48 bits per heavy atom. The molecule has 29 heavy (non-hydrogen) atoms. The summed E-state index contributed by atoms with van der Waals surface area (Å²) >= 11 is 0. The van der Waals surface area contributed by atoms with Crippen molar-refractivity contribution < 1.29 is 4.79 Å². The Labute approximate surface area is 169 Å². The summed E-state index contributed by atoms with van der Waals surface area (Å²) in [5, 5.41) is 3.89. The van der Waals surface area contributed by atoms with Gasteiger partial charge in [-0.15, -0.1) is 0 Å². The predicted octanol–water partition coefficient (Wildman–Crippen LogP) is 4.37. The molecule has 0 bridgehead atoms. The Morgan fingerprint density at radius 1 is 0.862 bits per heavy atom. The molecular formula is C25H22N2O2. The molecule has 1 N–H and O–H groups in total. The van der Waals surface area contributed by atoms with E-state index in [4.69, 9.17) is 0 Å². The second kappa shape index (κ2) is 7.76. The Morgan fingerprint density at radius 3 is 2.21 bits per heavy atom. The van der Waals surface area contributed by atoms with Crippen LogP contribution in [-0.4, -0.2) is 10.5 Å². The Kier molecular flexibility index (Phi) is 5.00. The molecule has 1 unspecified atom stereocenters. The largest absolute Gasteiger partial charge is 0.341 e. The first kappa shape index (κ1) is 18.7. The number of fused-ring (bicyclic) bond motifs is 1. The molecule has 4 rings (SSSR count). The first-order valence-corrected chi connectivity index (χ1v) is 9.56. The van der Waals surface area contributed by atoms with Gasteiger partial charge in [0, 0.05) is 18.5 Å². The van der Waals surface area contributed by atoms with Crippen LogP contribution >= 0.6 is 0 Å². The molecule has 4 heteroatoms. The van der Waals surface area contributed by atoms with Crippen molar-refractivity contribution in [1.29, 1.82) is 0 Å². The molecule has 1 aromatic heterocycles. The van der Waals surface area contributed by atoms with E-state index in [1.54, 1.807) is 11.6 Å². The molecule has 4 aromatic rings. The highest BCUT2D eigenvalue weighted by Gasteiger charge is 2.20. The Balaban J connectivity index is 1.78. The van der Waals surface area contributed by atoms with Crippen LogP contribution in [0, 0.1) is 6.92 Å². The molecule has 0 radical (unpaired) electrons. The van der Waals surface area contributed by atoms with E-state index in [-0.39, 0.29) is 17.5 Å². The fourth-order valence-corrected chi connectivity index (χ4v) is 3.57. The average molecular weight is 382 g/mol. The van der Waals surface area contributed by atoms with Gasteiger partial charge < -0.3 is 9.88 Å². The summed E-state index contributed by atoms with van der Waals surface area (Å²) in [6.45, 7) is 2.03. The number of aromatic nitrogens is 1. The van der Waals surface area contributed by atoms with Crippen molar-refractivity contribution in [2.75, 3.05) is 0 Å². The molecule has 3 aromatic carbocycles. The molecule has 0 spiro atoms. The number of pyridine rings is 1. The molecular weight excluding hydrogens is 360 g/mol. The minimum Gasteiger partial charge on any atom is -0.341 e. The van der Waals surface area contributed by atoms with Gasteiger partial charge in [0.05, 0.1) is 17.1 Å². The number of para-hydroxylation sites is 1. The van der Waals surface area contributed by atoms with Gasteiger partial charge in [-0.05, 0) is 24.1 Å². The standard InChI is InChI=1S/C25H22N2O2/c1-17-12-14-19(15-13-17)24(18-8-4-3-5-9-18)26-25(29)21-16-23(28)27(2)22-11-7-6-10-20(21)22/h3-16,24H,1-2H3,(H,26,29). The van der Waals surface area contributed by atoms with Gasteiger partial charge in [0.15, 0.2) is 0 Å². The van der Waals surface area contributed by atoms with Crippen LogP contribution in [0.1, 0.15) is 33.1 Å². The summed E-state index contributed by atoms with van der Waals surface area (Å²) in [5.41, 5.74) is 4.04. The van der Waals surface area contributed by atoms with Crippen LogP contribution in [-0.2, 0) is 7.05 Å². The van der Waals surface area contributed by atoms with Gasteiger partial charge in [-0.1, -0.05) is 78.4 Å². The van der Waals surface area contributed by atoms with Crippen LogP contribution in [0.15, 0.2) is 89.7 Å². The SMILES string of the molecule is Cc1ccc(C(NC(=O)c2cc(=O)n(C)c3ccccc23)c2ccccc2)cc1. The lowest BCUT2D eigenvalue weighted by atomic mass is 9.97. The number of nitrogens with zero attached hydrogens (tertiary/aromatic N) is 1. The maximum atomic E-state index is 13.3. The highest BCUT2D eigenvalue weighted by atomic mass is 16.2. The normalized spacial score (nSPS) is 11.9. The van der Waals surface area contributed by atoms with Crippen molar-refractivity contribution in [3.63, 3.8) is 0 Å². The zero-order valence-electron chi connectivity index (χ0n) is 16.4. The molecule has 0 fully saturated rings. The molecule has 1 amide bonds. The van der Waals surface area contributed by atoms with Crippen molar-refractivity contribution >= 4 is 16.8 Å².